The Kier molecular flexibility index (Phi) is 5.99. The fourth-order valence-corrected chi connectivity index (χ4v) is 3.09. The summed E-state index contributed by atoms with van der Waals surface area (Å²) in [6.45, 7) is 2.57. The number of nitrogens with one attached hydrogen (secondary N) is 3. The number of thiocarbonyl (C=S) groups is 1. The van der Waals surface area contributed by atoms with Crippen LogP contribution < -0.4 is 10.7 Å². The van der Waals surface area contributed by atoms with Crippen LogP contribution in [0.5, 0.6) is 0 Å². The Balaban J connectivity index is 1.84. The molecule has 0 fully saturated rings. The van der Waals surface area contributed by atoms with E-state index in [9.17, 15) is 0 Å². The molecule has 26 heavy (non-hydrogen) atoms. The molecule has 0 spiro atoms. The molecule has 134 valence electrons. The highest BCUT2D eigenvalue weighted by molar-refractivity contribution is 7.80. The summed E-state index contributed by atoms with van der Waals surface area (Å²) in [5.74, 6) is 0. The highest BCUT2D eigenvalue weighted by Crippen LogP contribution is 2.28. The van der Waals surface area contributed by atoms with Crippen molar-refractivity contribution in [1.82, 2.24) is 15.7 Å². The fraction of sp³-hybridized carbons (Fsp3) is 0.200. The van der Waals surface area contributed by atoms with E-state index in [4.69, 9.17) is 17.0 Å². The second kappa shape index (κ2) is 8.60. The van der Waals surface area contributed by atoms with Crippen LogP contribution in [0.4, 0.5) is 0 Å². The summed E-state index contributed by atoms with van der Waals surface area (Å²) >= 11 is 5.26. The van der Waals surface area contributed by atoms with Crippen LogP contribution in [0.1, 0.15) is 12.5 Å². The third-order valence-electron chi connectivity index (χ3n) is 3.96. The molecule has 0 aliphatic heterocycles. The first-order valence-corrected chi connectivity index (χ1v) is 8.84. The van der Waals surface area contributed by atoms with Crippen molar-refractivity contribution in [3.8, 4) is 11.3 Å². The smallest absolute Gasteiger partial charge is 0.187 e. The van der Waals surface area contributed by atoms with Crippen molar-refractivity contribution >= 4 is 34.4 Å². The third-order valence-corrected chi connectivity index (χ3v) is 4.17. The maximum atomic E-state index is 5.26. The lowest BCUT2D eigenvalue weighted by Crippen LogP contribution is -2.40. The zero-order valence-electron chi connectivity index (χ0n) is 14.8. The standard InChI is InChI=1S/C20H22N4OS/c1-14(13-25-2)22-20(26)24-21-12-17-16-10-6-7-11-18(16)23-19(17)15-8-4-3-5-9-15/h3-12,14,23H,13H2,1-2H3,(H2,22,24,26)/b21-12+/t14-/m1/s1. The fourth-order valence-electron chi connectivity index (χ4n) is 2.83. The summed E-state index contributed by atoms with van der Waals surface area (Å²) in [4.78, 5) is 3.48. The van der Waals surface area contributed by atoms with Gasteiger partial charge in [0.1, 0.15) is 0 Å². The number of hydrogen-bond acceptors (Lipinski definition) is 3. The number of aromatic nitrogens is 1. The average molecular weight is 366 g/mol. The molecule has 0 bridgehead atoms. The van der Waals surface area contributed by atoms with Gasteiger partial charge in [0, 0.05) is 29.6 Å². The minimum absolute atomic E-state index is 0.114. The molecule has 1 aromatic heterocycles. The van der Waals surface area contributed by atoms with E-state index in [0.29, 0.717) is 11.7 Å². The maximum Gasteiger partial charge on any atom is 0.187 e. The van der Waals surface area contributed by atoms with Gasteiger partial charge in [0.2, 0.25) is 0 Å². The number of benzene rings is 2. The molecule has 5 nitrogen and oxygen atoms in total. The Bertz CT molecular complexity index is 905. The van der Waals surface area contributed by atoms with E-state index < -0.39 is 0 Å². The summed E-state index contributed by atoms with van der Waals surface area (Å²) in [5.41, 5.74) is 7.11. The number of rotatable bonds is 6. The predicted octanol–water partition coefficient (Wildman–Crippen LogP) is 3.67. The van der Waals surface area contributed by atoms with E-state index in [1.807, 2.05) is 37.3 Å². The maximum absolute atomic E-state index is 5.26. The molecule has 6 heteroatoms. The Morgan fingerprint density at radius 1 is 1.19 bits per heavy atom. The predicted molar refractivity (Wildman–Crippen MR) is 112 cm³/mol. The van der Waals surface area contributed by atoms with Gasteiger partial charge in [0.05, 0.1) is 18.5 Å². The topological polar surface area (TPSA) is 61.4 Å². The van der Waals surface area contributed by atoms with Crippen molar-refractivity contribution in [2.24, 2.45) is 5.10 Å². The van der Waals surface area contributed by atoms with Crippen LogP contribution >= 0.6 is 12.2 Å². The van der Waals surface area contributed by atoms with Crippen molar-refractivity contribution in [3.05, 3.63) is 60.2 Å². The quantitative estimate of drug-likeness (QED) is 0.354. The van der Waals surface area contributed by atoms with Crippen molar-refractivity contribution in [2.75, 3.05) is 13.7 Å². The SMILES string of the molecule is COC[C@@H](C)NC(=S)N/N=C/c1c(-c2ccccc2)[nH]c2ccccc12. The normalized spacial score (nSPS) is 12.4. The van der Waals surface area contributed by atoms with Crippen LogP contribution in [0.3, 0.4) is 0 Å². The van der Waals surface area contributed by atoms with Crippen LogP contribution in [0, 0.1) is 0 Å². The molecular weight excluding hydrogens is 344 g/mol. The van der Waals surface area contributed by atoms with E-state index in [0.717, 1.165) is 27.7 Å². The number of methoxy groups -OCH3 is 1. The molecule has 0 amide bonds. The number of aromatic amines is 1. The Morgan fingerprint density at radius 3 is 2.69 bits per heavy atom. The molecule has 1 atom stereocenters. The van der Waals surface area contributed by atoms with Crippen LogP contribution in [0.25, 0.3) is 22.2 Å². The lowest BCUT2D eigenvalue weighted by atomic mass is 10.1. The third kappa shape index (κ3) is 4.28. The lowest BCUT2D eigenvalue weighted by Gasteiger charge is -2.13. The van der Waals surface area contributed by atoms with Gasteiger partial charge in [-0.15, -0.1) is 0 Å². The molecule has 0 aliphatic rings. The van der Waals surface area contributed by atoms with E-state index in [1.54, 1.807) is 13.3 Å². The molecule has 0 unspecified atom stereocenters. The lowest BCUT2D eigenvalue weighted by molar-refractivity contribution is 0.179. The minimum Gasteiger partial charge on any atom is -0.383 e. The molecule has 0 radical (unpaired) electrons. The van der Waals surface area contributed by atoms with Crippen molar-refractivity contribution in [1.29, 1.82) is 0 Å². The van der Waals surface area contributed by atoms with Gasteiger partial charge in [-0.25, -0.2) is 0 Å². The largest absolute Gasteiger partial charge is 0.383 e. The van der Waals surface area contributed by atoms with Crippen LogP contribution in [0.2, 0.25) is 0 Å². The zero-order chi connectivity index (χ0) is 18.4. The summed E-state index contributed by atoms with van der Waals surface area (Å²) in [6, 6.07) is 18.5. The number of fused-ring (bicyclic) bond motifs is 1. The van der Waals surface area contributed by atoms with Gasteiger partial charge in [-0.2, -0.15) is 5.10 Å². The second-order valence-corrected chi connectivity index (χ2v) is 6.43. The molecule has 3 aromatic rings. The molecule has 0 aliphatic carbocycles. The van der Waals surface area contributed by atoms with Crippen molar-refractivity contribution < 1.29 is 4.74 Å². The first kappa shape index (κ1) is 18.1. The second-order valence-electron chi connectivity index (χ2n) is 6.03. The number of hydrogen-bond donors (Lipinski definition) is 3. The van der Waals surface area contributed by atoms with Crippen molar-refractivity contribution in [2.45, 2.75) is 13.0 Å². The average Bonchev–Trinajstić information content (AvgIpc) is 3.01. The van der Waals surface area contributed by atoms with Gasteiger partial charge < -0.3 is 15.0 Å². The summed E-state index contributed by atoms with van der Waals surface area (Å²) in [6.07, 6.45) is 1.80. The molecule has 3 N–H and O–H groups in total. The van der Waals surface area contributed by atoms with Gasteiger partial charge in [0.15, 0.2) is 5.11 Å². The van der Waals surface area contributed by atoms with E-state index in [-0.39, 0.29) is 6.04 Å². The van der Waals surface area contributed by atoms with Crippen LogP contribution in [-0.4, -0.2) is 36.1 Å². The first-order valence-electron chi connectivity index (χ1n) is 8.43. The van der Waals surface area contributed by atoms with Gasteiger partial charge in [0.25, 0.3) is 0 Å². The highest BCUT2D eigenvalue weighted by atomic mass is 32.1. The number of hydrazone groups is 1. The number of ether oxygens (including phenoxy) is 1. The van der Waals surface area contributed by atoms with E-state index in [2.05, 4.69) is 45.1 Å². The summed E-state index contributed by atoms with van der Waals surface area (Å²) in [7, 11) is 1.66. The Hall–Kier alpha value is -2.70. The zero-order valence-corrected chi connectivity index (χ0v) is 15.6. The molecule has 0 saturated heterocycles. The summed E-state index contributed by atoms with van der Waals surface area (Å²) in [5, 5.41) is 9.02. The number of para-hydroxylation sites is 1. The van der Waals surface area contributed by atoms with E-state index in [1.165, 1.54) is 0 Å². The van der Waals surface area contributed by atoms with Crippen molar-refractivity contribution in [3.63, 3.8) is 0 Å². The summed E-state index contributed by atoms with van der Waals surface area (Å²) < 4.78 is 5.09. The molecule has 2 aromatic carbocycles. The number of H-pyrrole nitrogens is 1. The molecular formula is C20H22N4OS. The monoisotopic (exact) mass is 366 g/mol. The number of nitrogens with zero attached hydrogens (tertiary/aromatic N) is 1. The molecule has 1 heterocycles. The Labute approximate surface area is 158 Å². The van der Waals surface area contributed by atoms with Crippen LogP contribution in [-0.2, 0) is 4.74 Å². The highest BCUT2D eigenvalue weighted by Gasteiger charge is 2.11. The van der Waals surface area contributed by atoms with Crippen LogP contribution in [0.15, 0.2) is 59.7 Å². The Morgan fingerprint density at radius 2 is 1.92 bits per heavy atom. The van der Waals surface area contributed by atoms with Gasteiger partial charge in [-0.3, -0.25) is 5.43 Å². The first-order chi connectivity index (χ1) is 12.7. The van der Waals surface area contributed by atoms with Gasteiger partial charge >= 0.3 is 0 Å². The van der Waals surface area contributed by atoms with Gasteiger partial charge in [-0.1, -0.05) is 48.5 Å². The minimum atomic E-state index is 0.114. The molecule has 3 rings (SSSR count). The van der Waals surface area contributed by atoms with Gasteiger partial charge in [-0.05, 0) is 30.8 Å². The van der Waals surface area contributed by atoms with E-state index >= 15 is 0 Å². The molecule has 0 saturated carbocycles.